The molecule has 2 N–H and O–H groups in total. The van der Waals surface area contributed by atoms with Crippen LogP contribution in [0.5, 0.6) is 5.75 Å². The lowest BCUT2D eigenvalue weighted by Gasteiger charge is -2.16. The van der Waals surface area contributed by atoms with Crippen molar-refractivity contribution in [2.75, 3.05) is 0 Å². The predicted molar refractivity (Wildman–Crippen MR) is 66.7 cm³/mol. The fourth-order valence-corrected chi connectivity index (χ4v) is 1.46. The molecule has 0 saturated heterocycles. The van der Waals surface area contributed by atoms with E-state index in [0.29, 0.717) is 0 Å². The molecule has 0 saturated carbocycles. The van der Waals surface area contributed by atoms with Crippen molar-refractivity contribution < 1.29 is 4.74 Å². The Morgan fingerprint density at radius 3 is 2.62 bits per heavy atom. The van der Waals surface area contributed by atoms with Crippen LogP contribution >= 0.6 is 0 Å². The molecule has 1 aromatic rings. The number of rotatable bonds is 5. The van der Waals surface area contributed by atoms with Crippen molar-refractivity contribution in [1.82, 2.24) is 4.98 Å². The predicted octanol–water partition coefficient (Wildman–Crippen LogP) is 2.46. The van der Waals surface area contributed by atoms with E-state index >= 15 is 0 Å². The van der Waals surface area contributed by atoms with Gasteiger partial charge < -0.3 is 10.5 Å². The minimum atomic E-state index is 0.105. The molecule has 0 spiro atoms. The van der Waals surface area contributed by atoms with Gasteiger partial charge in [0.2, 0.25) is 0 Å². The minimum absolute atomic E-state index is 0.105. The lowest BCUT2D eigenvalue weighted by Crippen LogP contribution is -2.20. The number of nitrogens with zero attached hydrogens (tertiary/aromatic N) is 1. The van der Waals surface area contributed by atoms with E-state index in [1.165, 1.54) is 0 Å². The average molecular weight is 222 g/mol. The van der Waals surface area contributed by atoms with Crippen LogP contribution in [0.15, 0.2) is 12.1 Å². The highest BCUT2D eigenvalue weighted by molar-refractivity contribution is 5.30. The molecule has 90 valence electrons. The molecule has 0 aliphatic rings. The van der Waals surface area contributed by atoms with E-state index in [0.717, 1.165) is 30.0 Å². The molecule has 0 aliphatic heterocycles. The summed E-state index contributed by atoms with van der Waals surface area (Å²) < 4.78 is 5.83. The normalized spacial score (nSPS) is 14.6. The summed E-state index contributed by atoms with van der Waals surface area (Å²) in [5.74, 6) is 0.872. The van der Waals surface area contributed by atoms with Crippen LogP contribution in [0.25, 0.3) is 0 Å². The molecule has 0 radical (unpaired) electrons. The van der Waals surface area contributed by atoms with Crippen LogP contribution in [-0.2, 0) is 6.42 Å². The van der Waals surface area contributed by atoms with E-state index in [4.69, 9.17) is 10.5 Å². The maximum atomic E-state index is 5.83. The van der Waals surface area contributed by atoms with Crippen molar-refractivity contribution in [1.29, 1.82) is 0 Å². The van der Waals surface area contributed by atoms with Gasteiger partial charge in [-0.2, -0.15) is 0 Å². The van der Waals surface area contributed by atoms with Crippen molar-refractivity contribution >= 4 is 0 Å². The smallest absolute Gasteiger partial charge is 0.141 e. The molecule has 1 heterocycles. The van der Waals surface area contributed by atoms with E-state index in [1.807, 2.05) is 26.0 Å². The number of nitrogens with two attached hydrogens (primary N) is 1. The highest BCUT2D eigenvalue weighted by atomic mass is 16.5. The Hall–Kier alpha value is -1.09. The Morgan fingerprint density at radius 2 is 2.06 bits per heavy atom. The van der Waals surface area contributed by atoms with Crippen molar-refractivity contribution in [3.05, 3.63) is 23.5 Å². The highest BCUT2D eigenvalue weighted by Gasteiger charge is 2.10. The molecule has 0 amide bonds. The van der Waals surface area contributed by atoms with E-state index in [2.05, 4.69) is 18.8 Å². The molecule has 1 rings (SSSR count). The van der Waals surface area contributed by atoms with Gasteiger partial charge in [0.15, 0.2) is 0 Å². The summed E-state index contributed by atoms with van der Waals surface area (Å²) in [4.78, 5) is 4.50. The largest absolute Gasteiger partial charge is 0.489 e. The maximum absolute atomic E-state index is 5.83. The highest BCUT2D eigenvalue weighted by Crippen LogP contribution is 2.20. The minimum Gasteiger partial charge on any atom is -0.489 e. The van der Waals surface area contributed by atoms with Crippen LogP contribution in [0.1, 0.15) is 38.6 Å². The third-order valence-electron chi connectivity index (χ3n) is 2.49. The second kappa shape index (κ2) is 5.85. The van der Waals surface area contributed by atoms with Crippen molar-refractivity contribution in [2.24, 2.45) is 5.73 Å². The standard InChI is InChI=1S/C13H22N2O/c1-5-11(4)16-13-7-6-10(3)15-12(13)8-9(2)14/h6-7,9,11H,5,8,14H2,1-4H3. The van der Waals surface area contributed by atoms with E-state index in [9.17, 15) is 0 Å². The second-order valence-electron chi connectivity index (χ2n) is 4.42. The Kier molecular flexibility index (Phi) is 4.74. The molecular formula is C13H22N2O. The van der Waals surface area contributed by atoms with Crippen molar-refractivity contribution in [3.63, 3.8) is 0 Å². The van der Waals surface area contributed by atoms with Crippen LogP contribution in [-0.4, -0.2) is 17.1 Å². The first-order chi connectivity index (χ1) is 7.52. The first kappa shape index (κ1) is 13.0. The molecule has 16 heavy (non-hydrogen) atoms. The number of ether oxygens (including phenoxy) is 1. The summed E-state index contributed by atoms with van der Waals surface area (Å²) in [5.41, 5.74) is 7.79. The molecule has 1 aromatic heterocycles. The van der Waals surface area contributed by atoms with Gasteiger partial charge in [-0.3, -0.25) is 4.98 Å². The number of aromatic nitrogens is 1. The molecular weight excluding hydrogens is 200 g/mol. The number of pyridine rings is 1. The second-order valence-corrected chi connectivity index (χ2v) is 4.42. The summed E-state index contributed by atoms with van der Waals surface area (Å²) in [5, 5.41) is 0. The third kappa shape index (κ3) is 3.81. The topological polar surface area (TPSA) is 48.1 Å². The van der Waals surface area contributed by atoms with Crippen LogP contribution in [0, 0.1) is 6.92 Å². The first-order valence-electron chi connectivity index (χ1n) is 5.91. The summed E-state index contributed by atoms with van der Waals surface area (Å²) in [6, 6.07) is 4.07. The molecule has 3 nitrogen and oxygen atoms in total. The molecule has 3 heteroatoms. The van der Waals surface area contributed by atoms with Gasteiger partial charge in [-0.15, -0.1) is 0 Å². The Morgan fingerprint density at radius 1 is 1.38 bits per heavy atom. The zero-order valence-electron chi connectivity index (χ0n) is 10.7. The van der Waals surface area contributed by atoms with Gasteiger partial charge in [-0.1, -0.05) is 6.92 Å². The van der Waals surface area contributed by atoms with Crippen LogP contribution in [0.3, 0.4) is 0 Å². The fraction of sp³-hybridized carbons (Fsp3) is 0.615. The Labute approximate surface area is 98.0 Å². The van der Waals surface area contributed by atoms with E-state index in [-0.39, 0.29) is 12.1 Å². The van der Waals surface area contributed by atoms with Gasteiger partial charge in [-0.25, -0.2) is 0 Å². The number of hydrogen-bond acceptors (Lipinski definition) is 3. The van der Waals surface area contributed by atoms with Gasteiger partial charge >= 0.3 is 0 Å². The monoisotopic (exact) mass is 222 g/mol. The molecule has 0 aromatic carbocycles. The Balaban J connectivity index is 2.88. The van der Waals surface area contributed by atoms with Gasteiger partial charge in [0.05, 0.1) is 11.8 Å². The van der Waals surface area contributed by atoms with Crippen LogP contribution in [0.4, 0.5) is 0 Å². The maximum Gasteiger partial charge on any atom is 0.141 e. The lowest BCUT2D eigenvalue weighted by molar-refractivity contribution is 0.214. The summed E-state index contributed by atoms with van der Waals surface area (Å²) >= 11 is 0. The van der Waals surface area contributed by atoms with Gasteiger partial charge in [0.1, 0.15) is 5.75 Å². The van der Waals surface area contributed by atoms with Gasteiger partial charge in [0.25, 0.3) is 0 Å². The average Bonchev–Trinajstić information content (AvgIpc) is 2.21. The SMILES string of the molecule is CCC(C)Oc1ccc(C)nc1CC(C)N. The molecule has 2 unspecified atom stereocenters. The molecule has 0 bridgehead atoms. The lowest BCUT2D eigenvalue weighted by atomic mass is 10.1. The van der Waals surface area contributed by atoms with Crippen LogP contribution < -0.4 is 10.5 Å². The van der Waals surface area contributed by atoms with Gasteiger partial charge in [-0.05, 0) is 39.3 Å². The molecule has 2 atom stereocenters. The number of hydrogen-bond donors (Lipinski definition) is 1. The number of aryl methyl sites for hydroxylation is 1. The summed E-state index contributed by atoms with van der Waals surface area (Å²) in [6.07, 6.45) is 1.97. The quantitative estimate of drug-likeness (QED) is 0.832. The summed E-state index contributed by atoms with van der Waals surface area (Å²) in [6.45, 7) is 8.14. The molecule has 0 aliphatic carbocycles. The Bertz CT molecular complexity index is 337. The zero-order chi connectivity index (χ0) is 12.1. The van der Waals surface area contributed by atoms with Gasteiger partial charge in [0, 0.05) is 18.2 Å². The van der Waals surface area contributed by atoms with Crippen LogP contribution in [0.2, 0.25) is 0 Å². The molecule has 0 fully saturated rings. The first-order valence-corrected chi connectivity index (χ1v) is 5.91. The summed E-state index contributed by atoms with van der Waals surface area (Å²) in [7, 11) is 0. The fourth-order valence-electron chi connectivity index (χ4n) is 1.46. The van der Waals surface area contributed by atoms with E-state index in [1.54, 1.807) is 0 Å². The third-order valence-corrected chi connectivity index (χ3v) is 2.49. The zero-order valence-corrected chi connectivity index (χ0v) is 10.7. The van der Waals surface area contributed by atoms with E-state index < -0.39 is 0 Å². The van der Waals surface area contributed by atoms with Crippen molar-refractivity contribution in [2.45, 2.75) is 52.7 Å². The van der Waals surface area contributed by atoms with Crippen molar-refractivity contribution in [3.8, 4) is 5.75 Å².